The summed E-state index contributed by atoms with van der Waals surface area (Å²) in [6.45, 7) is 0.825. The highest BCUT2D eigenvalue weighted by Crippen LogP contribution is 2.50. The number of carboxylic acid groups (broad SMARTS) is 1. The molecule has 0 radical (unpaired) electrons. The van der Waals surface area contributed by atoms with Gasteiger partial charge in [-0.15, -0.1) is 11.3 Å². The number of halogens is 3. The van der Waals surface area contributed by atoms with Crippen molar-refractivity contribution >= 4 is 60.8 Å². The molecule has 0 fully saturated rings. The molecule has 0 bridgehead atoms. The molecule has 0 saturated carbocycles. The number of aromatic hydroxyl groups is 1. The van der Waals surface area contributed by atoms with Crippen molar-refractivity contribution in [3.8, 4) is 73.3 Å². The Morgan fingerprint density at radius 1 is 0.685 bits per heavy atom. The van der Waals surface area contributed by atoms with Crippen LogP contribution in [0.4, 0.5) is 4.39 Å². The number of phenols is 1. The first-order chi connectivity index (χ1) is 44.5. The van der Waals surface area contributed by atoms with Gasteiger partial charge in [0.05, 0.1) is 59.5 Å². The Kier molecular flexibility index (Phi) is 19.6. The third-order valence-electron chi connectivity index (χ3n) is 14.9. The van der Waals surface area contributed by atoms with Crippen LogP contribution in [0.3, 0.4) is 0 Å². The van der Waals surface area contributed by atoms with Crippen LogP contribution < -0.4 is 28.4 Å². The molecule has 22 heteroatoms. The van der Waals surface area contributed by atoms with Gasteiger partial charge in [0, 0.05) is 28.6 Å². The van der Waals surface area contributed by atoms with Gasteiger partial charge in [0.15, 0.2) is 11.6 Å². The predicted molar refractivity (Wildman–Crippen MR) is 347 cm³/mol. The number of ether oxygens (including phenoxy) is 7. The van der Waals surface area contributed by atoms with E-state index in [1.54, 1.807) is 76.1 Å². The SMILES string of the molecule is COc1ccc(C(OC[C@H](COS(=O)(=O)c2ccc(C)cc2)Oc2c(Cl)cc(-c3c(-c4ccc(F)cc4)sc4ncnc(OC(Cc5cc(O)ccc5OCc5ccnc(-c6ccccc6OC)n5)C(=O)O)c34)cc2Cl)(c2ccccc2)c2ccc(OC)cc2)cc1. The van der Waals surface area contributed by atoms with Crippen LogP contribution in [0.2, 0.25) is 10.0 Å². The summed E-state index contributed by atoms with van der Waals surface area (Å²) < 4.78 is 91.7. The molecule has 0 aliphatic rings. The summed E-state index contributed by atoms with van der Waals surface area (Å²) in [6, 6.07) is 52.5. The Morgan fingerprint density at radius 2 is 1.34 bits per heavy atom. The van der Waals surface area contributed by atoms with Gasteiger partial charge in [-0.2, -0.15) is 8.42 Å². The number of aromatic nitrogens is 4. The molecule has 11 aromatic rings. The monoisotopic (exact) mass is 1310 g/mol. The molecular formula is C70H57Cl2FN4O13S2. The van der Waals surface area contributed by atoms with Gasteiger partial charge in [-0.25, -0.2) is 29.1 Å². The number of nitrogens with zero attached hydrogens (tertiary/aromatic N) is 4. The molecule has 2 atom stereocenters. The van der Waals surface area contributed by atoms with E-state index in [9.17, 15) is 27.8 Å². The molecule has 3 aromatic heterocycles. The molecule has 0 amide bonds. The third kappa shape index (κ3) is 14.1. The van der Waals surface area contributed by atoms with Crippen molar-refractivity contribution in [3.63, 3.8) is 0 Å². The summed E-state index contributed by atoms with van der Waals surface area (Å²) >= 11 is 15.9. The van der Waals surface area contributed by atoms with Gasteiger partial charge in [0.2, 0.25) is 12.0 Å². The van der Waals surface area contributed by atoms with E-state index >= 15 is 0 Å². The predicted octanol–water partition coefficient (Wildman–Crippen LogP) is 14.8. The van der Waals surface area contributed by atoms with Crippen molar-refractivity contribution in [1.82, 2.24) is 19.9 Å². The average molecular weight is 1320 g/mol. The number of aliphatic carboxylic acids is 1. The van der Waals surface area contributed by atoms with Crippen LogP contribution in [-0.2, 0) is 42.5 Å². The number of fused-ring (bicyclic) bond motifs is 1. The van der Waals surface area contributed by atoms with E-state index < -0.39 is 46.3 Å². The molecule has 1 unspecified atom stereocenters. The van der Waals surface area contributed by atoms with Gasteiger partial charge < -0.3 is 43.4 Å². The Balaban J connectivity index is 0.954. The van der Waals surface area contributed by atoms with Crippen molar-refractivity contribution < 1.29 is 65.2 Å². The highest BCUT2D eigenvalue weighted by Gasteiger charge is 2.40. The molecule has 0 spiro atoms. The number of thiophene rings is 1. The number of hydrogen-bond acceptors (Lipinski definition) is 17. The fourth-order valence-electron chi connectivity index (χ4n) is 10.4. The van der Waals surface area contributed by atoms with E-state index in [0.717, 1.165) is 5.56 Å². The molecule has 17 nitrogen and oxygen atoms in total. The van der Waals surface area contributed by atoms with E-state index in [1.807, 2.05) is 104 Å². The van der Waals surface area contributed by atoms with E-state index in [1.165, 1.54) is 60.1 Å². The van der Waals surface area contributed by atoms with Gasteiger partial charge >= 0.3 is 5.97 Å². The number of para-hydroxylation sites is 1. The van der Waals surface area contributed by atoms with Gasteiger partial charge in [-0.05, 0) is 132 Å². The molecule has 0 saturated heterocycles. The van der Waals surface area contributed by atoms with Crippen LogP contribution in [0.5, 0.6) is 40.4 Å². The maximum atomic E-state index is 14.7. The number of carboxylic acids is 1. The maximum absolute atomic E-state index is 14.7. The summed E-state index contributed by atoms with van der Waals surface area (Å²) in [5, 5.41) is 21.8. The quantitative estimate of drug-likeness (QED) is 0.0380. The summed E-state index contributed by atoms with van der Waals surface area (Å²) in [5.74, 6) is 0.140. The fraction of sp³-hybridized carbons (Fsp3) is 0.157. The summed E-state index contributed by atoms with van der Waals surface area (Å²) in [6.07, 6.45) is -0.431. The van der Waals surface area contributed by atoms with Gasteiger partial charge in [-0.3, -0.25) is 4.18 Å². The molecule has 11 rings (SSSR count). The van der Waals surface area contributed by atoms with Crippen molar-refractivity contribution in [2.45, 2.75) is 42.7 Å². The zero-order chi connectivity index (χ0) is 64.5. The summed E-state index contributed by atoms with van der Waals surface area (Å²) in [4.78, 5) is 32.4. The maximum Gasteiger partial charge on any atom is 0.345 e. The molecule has 0 aliphatic carbocycles. The van der Waals surface area contributed by atoms with E-state index in [0.29, 0.717) is 77.4 Å². The lowest BCUT2D eigenvalue weighted by atomic mass is 9.80. The lowest BCUT2D eigenvalue weighted by Crippen LogP contribution is -2.39. The van der Waals surface area contributed by atoms with Gasteiger partial charge in [-0.1, -0.05) is 120 Å². The zero-order valence-corrected chi connectivity index (χ0v) is 52.8. The Bertz CT molecular complexity index is 4460. The highest BCUT2D eigenvalue weighted by atomic mass is 35.5. The Hall–Kier alpha value is -9.67. The smallest absolute Gasteiger partial charge is 0.345 e. The molecule has 92 heavy (non-hydrogen) atoms. The number of rotatable bonds is 26. The zero-order valence-electron chi connectivity index (χ0n) is 49.7. The number of carbonyl (C=O) groups is 1. The van der Waals surface area contributed by atoms with Gasteiger partial charge in [0.1, 0.15) is 70.6 Å². The molecule has 0 aliphatic heterocycles. The summed E-state index contributed by atoms with van der Waals surface area (Å²) in [5.41, 5.74) is 4.22. The largest absolute Gasteiger partial charge is 0.508 e. The minimum absolute atomic E-state index is 0.0555. The highest BCUT2D eigenvalue weighted by molar-refractivity contribution is 7.86. The normalized spacial score (nSPS) is 12.2. The first-order valence-electron chi connectivity index (χ1n) is 28.5. The molecule has 2 N–H and O–H groups in total. The number of benzene rings is 8. The standard InChI is InChI=1S/C70H57Cl2FN4O13S2/c1-42-14-29-55(30-15-42)92(81,82)88-40-54(39-87-70(46-10-6-5-7-11-46,47-18-25-52(83-2)26-19-47)48-20-27-53(84-3)28-21-48)89-64-57(71)35-45(36-58(64)72)62-63-67(75-41-76-68(63)91-65(62)43-16-22-49(73)23-17-43)90-61(69(79)80)37-44-34-51(78)24-31-59(44)86-38-50-32-33-74-66(77-50)56-12-8-9-13-60(56)85-4/h5-36,41,54,61,78H,37-40H2,1-4H3,(H,79,80)/t54-,61?/m1/s1. The molecule has 3 heterocycles. The number of hydrogen-bond donors (Lipinski definition) is 2. The van der Waals surface area contributed by atoms with E-state index in [-0.39, 0.29) is 68.7 Å². The average Bonchev–Trinajstić information content (AvgIpc) is 1.39. The van der Waals surface area contributed by atoms with Crippen LogP contribution in [0.25, 0.3) is 43.2 Å². The number of methoxy groups -OCH3 is 3. The first-order valence-corrected chi connectivity index (χ1v) is 31.5. The topological polar surface area (TPSA) is 217 Å². The number of aryl methyl sites for hydroxylation is 1. The van der Waals surface area contributed by atoms with Crippen molar-refractivity contribution in [2.24, 2.45) is 0 Å². The van der Waals surface area contributed by atoms with Crippen LogP contribution in [-0.4, -0.2) is 91.3 Å². The second kappa shape index (κ2) is 28.2. The van der Waals surface area contributed by atoms with E-state index in [4.69, 9.17) is 60.5 Å². The second-order valence-electron chi connectivity index (χ2n) is 20.8. The Morgan fingerprint density at radius 3 is 1.99 bits per heavy atom. The lowest BCUT2D eigenvalue weighted by molar-refractivity contribution is -0.145. The third-order valence-corrected chi connectivity index (χ3v) is 17.9. The molecule has 468 valence electrons. The van der Waals surface area contributed by atoms with Crippen molar-refractivity contribution in [1.29, 1.82) is 0 Å². The number of phenolic OH excluding ortho intramolecular Hbond substituents is 1. The van der Waals surface area contributed by atoms with Crippen molar-refractivity contribution in [2.75, 3.05) is 34.5 Å². The fourth-order valence-corrected chi connectivity index (χ4v) is 13.0. The van der Waals surface area contributed by atoms with Gasteiger partial charge in [0.25, 0.3) is 10.1 Å². The van der Waals surface area contributed by atoms with Crippen LogP contribution >= 0.6 is 34.5 Å². The summed E-state index contributed by atoms with van der Waals surface area (Å²) in [7, 11) is 0.284. The van der Waals surface area contributed by atoms with Crippen LogP contribution in [0.15, 0.2) is 205 Å². The second-order valence-corrected chi connectivity index (χ2v) is 24.3. The molecule has 8 aromatic carbocycles. The van der Waals surface area contributed by atoms with Crippen LogP contribution in [0.1, 0.15) is 33.5 Å². The minimum Gasteiger partial charge on any atom is -0.508 e. The molecular weight excluding hydrogens is 1260 g/mol. The minimum atomic E-state index is -4.40. The first kappa shape index (κ1) is 63.9. The van der Waals surface area contributed by atoms with Crippen LogP contribution in [0, 0.1) is 12.7 Å². The lowest BCUT2D eigenvalue weighted by Gasteiger charge is -2.37. The Labute approximate surface area is 543 Å². The van der Waals surface area contributed by atoms with Crippen molar-refractivity contribution in [3.05, 3.63) is 250 Å². The van der Waals surface area contributed by atoms with E-state index in [2.05, 4.69) is 19.9 Å².